The van der Waals surface area contributed by atoms with Crippen molar-refractivity contribution < 1.29 is 9.59 Å². The van der Waals surface area contributed by atoms with Gasteiger partial charge in [-0.3, -0.25) is 9.59 Å². The Kier molecular flexibility index (Phi) is 7.33. The van der Waals surface area contributed by atoms with Crippen molar-refractivity contribution in [3.05, 3.63) is 35.1 Å². The third kappa shape index (κ3) is 5.48. The standard InChI is InChI=1S/C19H24ClN5O2S/c1-2-25-16(12-24-10-5-3-4-9-18(24)27)22-23-19(25)28-13-17(26)21-15-8-6-7-14(20)11-15/h6-8,11H,2-5,9-10,12-13H2,1H3,(H,21,26). The molecule has 2 amide bonds. The molecule has 1 aliphatic rings. The topological polar surface area (TPSA) is 80.1 Å². The first-order valence-electron chi connectivity index (χ1n) is 9.45. The Hall–Kier alpha value is -2.06. The highest BCUT2D eigenvalue weighted by Gasteiger charge is 2.21. The van der Waals surface area contributed by atoms with Gasteiger partial charge in [0.05, 0.1) is 12.3 Å². The molecule has 1 aromatic carbocycles. The van der Waals surface area contributed by atoms with Gasteiger partial charge >= 0.3 is 0 Å². The molecule has 0 bridgehead atoms. The van der Waals surface area contributed by atoms with E-state index in [9.17, 15) is 9.59 Å². The Morgan fingerprint density at radius 2 is 2.14 bits per heavy atom. The van der Waals surface area contributed by atoms with Crippen LogP contribution in [0.2, 0.25) is 5.02 Å². The molecular formula is C19H24ClN5O2S. The molecule has 0 spiro atoms. The van der Waals surface area contributed by atoms with Crippen molar-refractivity contribution in [1.82, 2.24) is 19.7 Å². The molecule has 0 saturated carbocycles. The van der Waals surface area contributed by atoms with Gasteiger partial charge in [-0.1, -0.05) is 35.9 Å². The summed E-state index contributed by atoms with van der Waals surface area (Å²) in [5, 5.41) is 12.6. The summed E-state index contributed by atoms with van der Waals surface area (Å²) in [6.07, 6.45) is 3.67. The highest BCUT2D eigenvalue weighted by molar-refractivity contribution is 7.99. The molecule has 3 rings (SSSR count). The van der Waals surface area contributed by atoms with Crippen molar-refractivity contribution in [2.24, 2.45) is 0 Å². The van der Waals surface area contributed by atoms with E-state index < -0.39 is 0 Å². The maximum Gasteiger partial charge on any atom is 0.234 e. The zero-order chi connectivity index (χ0) is 19.9. The van der Waals surface area contributed by atoms with Crippen LogP contribution in [-0.4, -0.2) is 43.8 Å². The Morgan fingerprint density at radius 1 is 1.29 bits per heavy atom. The van der Waals surface area contributed by atoms with Gasteiger partial charge in [-0.05, 0) is 38.0 Å². The highest BCUT2D eigenvalue weighted by Crippen LogP contribution is 2.21. The number of nitrogens with zero attached hydrogens (tertiary/aromatic N) is 4. The van der Waals surface area contributed by atoms with E-state index in [1.807, 2.05) is 16.4 Å². The molecular weight excluding hydrogens is 398 g/mol. The van der Waals surface area contributed by atoms with Gasteiger partial charge in [0.2, 0.25) is 11.8 Å². The summed E-state index contributed by atoms with van der Waals surface area (Å²) in [6, 6.07) is 7.04. The number of thioether (sulfide) groups is 1. The third-order valence-electron chi connectivity index (χ3n) is 4.55. The number of likely N-dealkylation sites (tertiary alicyclic amines) is 1. The van der Waals surface area contributed by atoms with Gasteiger partial charge in [0.1, 0.15) is 0 Å². The van der Waals surface area contributed by atoms with Gasteiger partial charge in [0.25, 0.3) is 0 Å². The summed E-state index contributed by atoms with van der Waals surface area (Å²) in [7, 11) is 0. The molecule has 1 saturated heterocycles. The van der Waals surface area contributed by atoms with Crippen molar-refractivity contribution >= 4 is 40.9 Å². The molecule has 0 atom stereocenters. The molecule has 1 aromatic heterocycles. The van der Waals surface area contributed by atoms with E-state index in [1.165, 1.54) is 11.8 Å². The molecule has 7 nitrogen and oxygen atoms in total. The lowest BCUT2D eigenvalue weighted by atomic mass is 10.2. The van der Waals surface area contributed by atoms with Gasteiger partial charge in [0, 0.05) is 30.2 Å². The van der Waals surface area contributed by atoms with Gasteiger partial charge < -0.3 is 14.8 Å². The zero-order valence-corrected chi connectivity index (χ0v) is 17.4. The SMILES string of the molecule is CCn1c(CN2CCCCCC2=O)nnc1SCC(=O)Nc1cccc(Cl)c1. The van der Waals surface area contributed by atoms with E-state index in [1.54, 1.807) is 24.3 Å². The molecule has 9 heteroatoms. The molecule has 150 valence electrons. The van der Waals surface area contributed by atoms with Crippen LogP contribution in [-0.2, 0) is 22.7 Å². The number of carbonyl (C=O) groups excluding carboxylic acids is 2. The molecule has 0 radical (unpaired) electrons. The quantitative estimate of drug-likeness (QED) is 0.691. The first kappa shape index (κ1) is 20.7. The molecule has 1 aliphatic heterocycles. The van der Waals surface area contributed by atoms with E-state index in [-0.39, 0.29) is 17.6 Å². The van der Waals surface area contributed by atoms with Gasteiger partial charge in [-0.2, -0.15) is 0 Å². The minimum atomic E-state index is -0.137. The zero-order valence-electron chi connectivity index (χ0n) is 15.9. The van der Waals surface area contributed by atoms with Crippen molar-refractivity contribution in [2.75, 3.05) is 17.6 Å². The number of aromatic nitrogens is 3. The monoisotopic (exact) mass is 421 g/mol. The summed E-state index contributed by atoms with van der Waals surface area (Å²) in [6.45, 7) is 3.92. The minimum absolute atomic E-state index is 0.137. The summed E-state index contributed by atoms with van der Waals surface area (Å²) >= 11 is 7.27. The molecule has 2 aromatic rings. The molecule has 0 unspecified atom stereocenters. The normalized spacial score (nSPS) is 14.8. The Morgan fingerprint density at radius 3 is 2.93 bits per heavy atom. The van der Waals surface area contributed by atoms with Crippen molar-refractivity contribution in [3.63, 3.8) is 0 Å². The van der Waals surface area contributed by atoms with E-state index in [2.05, 4.69) is 15.5 Å². The van der Waals surface area contributed by atoms with Crippen LogP contribution in [0.15, 0.2) is 29.4 Å². The molecule has 0 aliphatic carbocycles. The number of carbonyl (C=O) groups is 2. The molecule has 1 N–H and O–H groups in total. The van der Waals surface area contributed by atoms with Crippen molar-refractivity contribution in [2.45, 2.75) is 50.9 Å². The van der Waals surface area contributed by atoms with E-state index >= 15 is 0 Å². The number of benzene rings is 1. The number of anilines is 1. The number of rotatable bonds is 7. The first-order valence-corrected chi connectivity index (χ1v) is 10.8. The predicted molar refractivity (Wildman–Crippen MR) is 110 cm³/mol. The average Bonchev–Trinajstić information content (AvgIpc) is 2.94. The Bertz CT molecular complexity index is 841. The lowest BCUT2D eigenvalue weighted by Crippen LogP contribution is -2.31. The fraction of sp³-hybridized carbons (Fsp3) is 0.474. The second-order valence-electron chi connectivity index (χ2n) is 6.62. The summed E-state index contributed by atoms with van der Waals surface area (Å²) in [5.41, 5.74) is 0.662. The van der Waals surface area contributed by atoms with Crippen LogP contribution in [0.25, 0.3) is 0 Å². The van der Waals surface area contributed by atoms with Gasteiger partial charge in [-0.15, -0.1) is 10.2 Å². The van der Waals surface area contributed by atoms with Crippen molar-refractivity contribution in [1.29, 1.82) is 0 Å². The second kappa shape index (κ2) is 9.93. The lowest BCUT2D eigenvalue weighted by molar-refractivity contribution is -0.131. The van der Waals surface area contributed by atoms with Gasteiger partial charge in [0.15, 0.2) is 11.0 Å². The minimum Gasteiger partial charge on any atom is -0.335 e. The number of hydrogen-bond acceptors (Lipinski definition) is 5. The smallest absolute Gasteiger partial charge is 0.234 e. The van der Waals surface area contributed by atoms with E-state index in [0.717, 1.165) is 31.6 Å². The largest absolute Gasteiger partial charge is 0.335 e. The Labute approximate surface area is 173 Å². The van der Waals surface area contributed by atoms with Crippen LogP contribution in [0.5, 0.6) is 0 Å². The maximum atomic E-state index is 12.2. The fourth-order valence-electron chi connectivity index (χ4n) is 3.13. The third-order valence-corrected chi connectivity index (χ3v) is 5.76. The Balaban J connectivity index is 1.60. The fourth-order valence-corrected chi connectivity index (χ4v) is 4.14. The highest BCUT2D eigenvalue weighted by atomic mass is 35.5. The number of amides is 2. The second-order valence-corrected chi connectivity index (χ2v) is 8.00. The van der Waals surface area contributed by atoms with Crippen molar-refractivity contribution in [3.8, 4) is 0 Å². The van der Waals surface area contributed by atoms with E-state index in [0.29, 0.717) is 35.4 Å². The predicted octanol–water partition coefficient (Wildman–Crippen LogP) is 3.58. The lowest BCUT2D eigenvalue weighted by Gasteiger charge is -2.20. The molecule has 2 heterocycles. The summed E-state index contributed by atoms with van der Waals surface area (Å²) in [4.78, 5) is 26.3. The summed E-state index contributed by atoms with van der Waals surface area (Å²) < 4.78 is 1.97. The molecule has 1 fully saturated rings. The van der Waals surface area contributed by atoms with Gasteiger partial charge in [-0.25, -0.2) is 0 Å². The number of hydrogen-bond donors (Lipinski definition) is 1. The van der Waals surface area contributed by atoms with E-state index in [4.69, 9.17) is 11.6 Å². The maximum absolute atomic E-state index is 12.2. The van der Waals surface area contributed by atoms with Crippen LogP contribution < -0.4 is 5.32 Å². The van der Waals surface area contributed by atoms with Crippen LogP contribution >= 0.6 is 23.4 Å². The average molecular weight is 422 g/mol. The number of nitrogens with one attached hydrogen (secondary N) is 1. The number of halogens is 1. The van der Waals surface area contributed by atoms with Crippen LogP contribution in [0.1, 0.15) is 38.4 Å². The van der Waals surface area contributed by atoms with Crippen LogP contribution in [0, 0.1) is 0 Å². The first-order chi connectivity index (χ1) is 13.6. The summed E-state index contributed by atoms with van der Waals surface area (Å²) in [5.74, 6) is 1.02. The van der Waals surface area contributed by atoms with Crippen LogP contribution in [0.3, 0.4) is 0 Å². The molecule has 28 heavy (non-hydrogen) atoms. The van der Waals surface area contributed by atoms with Crippen LogP contribution in [0.4, 0.5) is 5.69 Å².